The second-order valence-electron chi connectivity index (χ2n) is 1.11. The van der Waals surface area contributed by atoms with Gasteiger partial charge in [0, 0.05) is 11.7 Å². The summed E-state index contributed by atoms with van der Waals surface area (Å²) < 4.78 is 4.52. The Kier molecular flexibility index (Phi) is 4.79. The number of carboxylic acid groups (broad SMARTS) is 1. The molecule has 0 heterocycles. The normalized spacial score (nSPS) is 9.12. The SMILES string of the molecule is COSCCC(=O)[O-]. The topological polar surface area (TPSA) is 49.4 Å². The van der Waals surface area contributed by atoms with Crippen molar-refractivity contribution in [3.8, 4) is 0 Å². The van der Waals surface area contributed by atoms with E-state index in [2.05, 4.69) is 4.18 Å². The third kappa shape index (κ3) is 5.78. The predicted molar refractivity (Wildman–Crippen MR) is 29.1 cm³/mol. The van der Waals surface area contributed by atoms with Crippen LogP contribution in [-0.4, -0.2) is 18.8 Å². The average molecular weight is 135 g/mol. The van der Waals surface area contributed by atoms with Gasteiger partial charge < -0.3 is 14.1 Å². The van der Waals surface area contributed by atoms with Crippen molar-refractivity contribution in [1.29, 1.82) is 0 Å². The number of carboxylic acids is 1. The predicted octanol–water partition coefficient (Wildman–Crippen LogP) is -0.579. The smallest absolute Gasteiger partial charge is 0.0503 e. The maximum Gasteiger partial charge on any atom is 0.0503 e. The number of hydrogen-bond acceptors (Lipinski definition) is 4. The van der Waals surface area contributed by atoms with Crippen molar-refractivity contribution in [2.45, 2.75) is 6.42 Å². The summed E-state index contributed by atoms with van der Waals surface area (Å²) in [6.45, 7) is 0. The van der Waals surface area contributed by atoms with Crippen molar-refractivity contribution < 1.29 is 14.1 Å². The molecule has 0 N–H and O–H groups in total. The standard InChI is InChI=1S/C4H8O3S/c1-7-8-3-2-4(5)6/h2-3H2,1H3,(H,5,6)/p-1. The molecule has 3 nitrogen and oxygen atoms in total. The van der Waals surface area contributed by atoms with Crippen molar-refractivity contribution in [3.05, 3.63) is 0 Å². The highest BCUT2D eigenvalue weighted by Crippen LogP contribution is 1.99. The minimum absolute atomic E-state index is 0.0541. The van der Waals surface area contributed by atoms with Crippen LogP contribution in [0.5, 0.6) is 0 Å². The summed E-state index contributed by atoms with van der Waals surface area (Å²) in [7, 11) is 1.50. The Labute approximate surface area is 52.2 Å². The van der Waals surface area contributed by atoms with Gasteiger partial charge in [-0.3, -0.25) is 0 Å². The third-order valence-corrected chi connectivity index (χ3v) is 1.11. The summed E-state index contributed by atoms with van der Waals surface area (Å²) in [4.78, 5) is 9.69. The first-order chi connectivity index (χ1) is 3.77. The van der Waals surface area contributed by atoms with Crippen LogP contribution in [0.25, 0.3) is 0 Å². The lowest BCUT2D eigenvalue weighted by Gasteiger charge is -1.97. The van der Waals surface area contributed by atoms with Crippen LogP contribution in [0.15, 0.2) is 0 Å². The van der Waals surface area contributed by atoms with E-state index in [-0.39, 0.29) is 6.42 Å². The summed E-state index contributed by atoms with van der Waals surface area (Å²) in [6, 6.07) is 0. The first-order valence-electron chi connectivity index (χ1n) is 2.13. The van der Waals surface area contributed by atoms with Gasteiger partial charge in [-0.25, -0.2) is 0 Å². The molecule has 0 aromatic carbocycles. The molecule has 0 unspecified atom stereocenters. The van der Waals surface area contributed by atoms with E-state index in [1.807, 2.05) is 0 Å². The van der Waals surface area contributed by atoms with E-state index in [4.69, 9.17) is 0 Å². The Morgan fingerprint density at radius 3 is 2.88 bits per heavy atom. The minimum atomic E-state index is -1.03. The minimum Gasteiger partial charge on any atom is -0.550 e. The first-order valence-corrected chi connectivity index (χ1v) is 3.04. The number of hydrogen-bond donors (Lipinski definition) is 0. The number of carbonyl (C=O) groups excluding carboxylic acids is 1. The molecule has 48 valence electrons. The fraction of sp³-hybridized carbons (Fsp3) is 0.750. The van der Waals surface area contributed by atoms with E-state index < -0.39 is 5.97 Å². The van der Waals surface area contributed by atoms with Crippen LogP contribution in [-0.2, 0) is 8.98 Å². The summed E-state index contributed by atoms with van der Waals surface area (Å²) >= 11 is 1.12. The van der Waals surface area contributed by atoms with Gasteiger partial charge in [0.2, 0.25) is 0 Å². The van der Waals surface area contributed by atoms with E-state index in [9.17, 15) is 9.90 Å². The number of aliphatic carboxylic acids is 1. The molecule has 0 aliphatic carbocycles. The van der Waals surface area contributed by atoms with Crippen LogP contribution in [0.1, 0.15) is 6.42 Å². The molecular formula is C4H7O3S-. The van der Waals surface area contributed by atoms with E-state index in [1.165, 1.54) is 7.11 Å². The van der Waals surface area contributed by atoms with Crippen molar-refractivity contribution in [1.82, 2.24) is 0 Å². The second-order valence-corrected chi connectivity index (χ2v) is 2.09. The lowest BCUT2D eigenvalue weighted by Crippen LogP contribution is -2.22. The molecule has 0 rings (SSSR count). The maximum atomic E-state index is 9.69. The zero-order valence-electron chi connectivity index (χ0n) is 4.55. The van der Waals surface area contributed by atoms with Crippen molar-refractivity contribution >= 4 is 18.0 Å². The van der Waals surface area contributed by atoms with Crippen LogP contribution in [0.2, 0.25) is 0 Å². The van der Waals surface area contributed by atoms with E-state index in [0.717, 1.165) is 12.0 Å². The van der Waals surface area contributed by atoms with E-state index >= 15 is 0 Å². The van der Waals surface area contributed by atoms with Gasteiger partial charge in [-0.1, -0.05) is 0 Å². The first kappa shape index (κ1) is 7.78. The van der Waals surface area contributed by atoms with Crippen LogP contribution in [0.3, 0.4) is 0 Å². The molecule has 0 spiro atoms. The Balaban J connectivity index is 2.82. The lowest BCUT2D eigenvalue weighted by molar-refractivity contribution is -0.305. The Bertz CT molecular complexity index is 73.7. The van der Waals surface area contributed by atoms with E-state index in [0.29, 0.717) is 5.75 Å². The second kappa shape index (κ2) is 4.93. The summed E-state index contributed by atoms with van der Waals surface area (Å²) in [5.41, 5.74) is 0. The molecule has 4 heteroatoms. The highest BCUT2D eigenvalue weighted by Gasteiger charge is 1.85. The van der Waals surface area contributed by atoms with Gasteiger partial charge >= 0.3 is 0 Å². The molecule has 8 heavy (non-hydrogen) atoms. The van der Waals surface area contributed by atoms with Crippen molar-refractivity contribution in [3.63, 3.8) is 0 Å². The molecule has 0 amide bonds. The molecule has 0 saturated heterocycles. The molecule has 0 radical (unpaired) electrons. The van der Waals surface area contributed by atoms with E-state index in [1.54, 1.807) is 0 Å². The maximum absolute atomic E-state index is 9.69. The molecule has 0 saturated carbocycles. The van der Waals surface area contributed by atoms with Crippen molar-refractivity contribution in [2.24, 2.45) is 0 Å². The van der Waals surface area contributed by atoms with Crippen LogP contribution in [0.4, 0.5) is 0 Å². The van der Waals surface area contributed by atoms with Crippen LogP contribution in [0, 0.1) is 0 Å². The van der Waals surface area contributed by atoms with Crippen LogP contribution >= 0.6 is 12.0 Å². The van der Waals surface area contributed by atoms with Gasteiger partial charge in [0.1, 0.15) is 0 Å². The number of carbonyl (C=O) groups is 1. The molecule has 0 aliphatic rings. The average Bonchev–Trinajstić information content (AvgIpc) is 1.66. The molecule has 0 aromatic heterocycles. The van der Waals surface area contributed by atoms with Gasteiger partial charge in [-0.15, -0.1) is 0 Å². The highest BCUT2D eigenvalue weighted by molar-refractivity contribution is 7.94. The molecule has 0 fully saturated rings. The highest BCUT2D eigenvalue weighted by atomic mass is 32.2. The van der Waals surface area contributed by atoms with Gasteiger partial charge in [-0.2, -0.15) is 0 Å². The quantitative estimate of drug-likeness (QED) is 0.382. The molecular weight excluding hydrogens is 128 g/mol. The fourth-order valence-corrected chi connectivity index (χ4v) is 0.625. The van der Waals surface area contributed by atoms with Gasteiger partial charge in [0.25, 0.3) is 0 Å². The van der Waals surface area contributed by atoms with Gasteiger partial charge in [0.05, 0.1) is 7.11 Å². The Hall–Kier alpha value is -0.220. The van der Waals surface area contributed by atoms with Crippen molar-refractivity contribution in [2.75, 3.05) is 12.9 Å². The molecule has 0 aliphatic heterocycles. The fourth-order valence-electron chi connectivity index (χ4n) is 0.208. The lowest BCUT2D eigenvalue weighted by atomic mass is 10.5. The largest absolute Gasteiger partial charge is 0.550 e. The van der Waals surface area contributed by atoms with Crippen LogP contribution < -0.4 is 5.11 Å². The zero-order valence-corrected chi connectivity index (χ0v) is 5.36. The van der Waals surface area contributed by atoms with Gasteiger partial charge in [0.15, 0.2) is 0 Å². The summed E-state index contributed by atoms with van der Waals surface area (Å²) in [5, 5.41) is 9.69. The molecule has 0 bridgehead atoms. The number of rotatable bonds is 4. The molecule has 0 aromatic rings. The Morgan fingerprint density at radius 1 is 1.88 bits per heavy atom. The van der Waals surface area contributed by atoms with Gasteiger partial charge in [-0.05, 0) is 18.5 Å². The summed E-state index contributed by atoms with van der Waals surface area (Å²) in [6.07, 6.45) is 0.0541. The monoisotopic (exact) mass is 135 g/mol. The zero-order chi connectivity index (χ0) is 6.41. The Morgan fingerprint density at radius 2 is 2.50 bits per heavy atom. The third-order valence-electron chi connectivity index (χ3n) is 0.507. The molecule has 0 atom stereocenters. The summed E-state index contributed by atoms with van der Waals surface area (Å²) in [5.74, 6) is -0.576.